The van der Waals surface area contributed by atoms with Gasteiger partial charge < -0.3 is 9.40 Å². The van der Waals surface area contributed by atoms with E-state index in [0.29, 0.717) is 19.6 Å². The van der Waals surface area contributed by atoms with Crippen LogP contribution in [0.2, 0.25) is 0 Å². The van der Waals surface area contributed by atoms with E-state index < -0.39 is 0 Å². The molecule has 0 aliphatic heterocycles. The third-order valence-electron chi connectivity index (χ3n) is 6.74. The minimum atomic E-state index is -0.0932. The van der Waals surface area contributed by atoms with Crippen molar-refractivity contribution in [1.82, 2.24) is 30.1 Å². The van der Waals surface area contributed by atoms with E-state index in [0.717, 1.165) is 57.6 Å². The molecule has 1 N–H and O–H groups in total. The number of fused-ring (bicyclic) bond motifs is 1. The number of pyridine rings is 1. The Hall–Kier alpha value is -4.04. The number of aromatic nitrogens is 5. The molecule has 37 heavy (non-hydrogen) atoms. The van der Waals surface area contributed by atoms with Crippen LogP contribution in [0.1, 0.15) is 59.6 Å². The number of nitrogens with one attached hydrogen (secondary N) is 1. The van der Waals surface area contributed by atoms with Crippen molar-refractivity contribution in [2.45, 2.75) is 59.3 Å². The zero-order chi connectivity index (χ0) is 25.8. The summed E-state index contributed by atoms with van der Waals surface area (Å²) in [5.41, 5.74) is 4.97. The summed E-state index contributed by atoms with van der Waals surface area (Å²) < 4.78 is 7.35. The van der Waals surface area contributed by atoms with E-state index in [4.69, 9.17) is 4.42 Å². The Morgan fingerprint density at radius 2 is 1.89 bits per heavy atom. The van der Waals surface area contributed by atoms with Crippen LogP contribution < -0.4 is 5.56 Å². The van der Waals surface area contributed by atoms with E-state index in [1.807, 2.05) is 49.4 Å². The number of furan rings is 1. The highest BCUT2D eigenvalue weighted by Gasteiger charge is 2.27. The molecule has 0 saturated carbocycles. The van der Waals surface area contributed by atoms with Crippen LogP contribution in [0.3, 0.4) is 0 Å². The van der Waals surface area contributed by atoms with Crippen molar-refractivity contribution in [1.29, 1.82) is 0 Å². The maximum atomic E-state index is 13.2. The molecule has 0 saturated heterocycles. The minimum Gasteiger partial charge on any atom is -0.467 e. The standard InChI is InChI=1S/C29H32N6O2/c1-4-9-27(28-31-32-33-35(28)19-24-12-8-13-37-24)34(17-22-10-6-5-7-11-22)18-23-16-25-21(3)14-20(2)15-26(25)30-29(23)36/h5-8,10-16,27H,4,9,17-19H2,1-3H3,(H,30,36). The van der Waals surface area contributed by atoms with Crippen molar-refractivity contribution in [2.24, 2.45) is 0 Å². The summed E-state index contributed by atoms with van der Waals surface area (Å²) in [7, 11) is 0. The molecule has 3 aromatic heterocycles. The van der Waals surface area contributed by atoms with Crippen LogP contribution >= 0.6 is 0 Å². The van der Waals surface area contributed by atoms with Gasteiger partial charge in [-0.05, 0) is 71.7 Å². The Labute approximate surface area is 215 Å². The molecule has 0 bridgehead atoms. The van der Waals surface area contributed by atoms with Crippen molar-refractivity contribution in [2.75, 3.05) is 0 Å². The fraction of sp³-hybridized carbons (Fsp3) is 0.310. The maximum absolute atomic E-state index is 13.2. The molecule has 0 radical (unpaired) electrons. The molecular weight excluding hydrogens is 464 g/mol. The lowest BCUT2D eigenvalue weighted by Crippen LogP contribution is -2.32. The van der Waals surface area contributed by atoms with Crippen LogP contribution in [-0.4, -0.2) is 30.1 Å². The number of hydrogen-bond acceptors (Lipinski definition) is 6. The van der Waals surface area contributed by atoms with Gasteiger partial charge >= 0.3 is 0 Å². The molecule has 8 nitrogen and oxygen atoms in total. The predicted octanol–water partition coefficient (Wildman–Crippen LogP) is 5.32. The fourth-order valence-electron chi connectivity index (χ4n) is 5.01. The zero-order valence-corrected chi connectivity index (χ0v) is 21.5. The summed E-state index contributed by atoms with van der Waals surface area (Å²) in [6.45, 7) is 7.85. The van der Waals surface area contributed by atoms with E-state index in [-0.39, 0.29) is 11.6 Å². The number of hydrogen-bond donors (Lipinski definition) is 1. The Kier molecular flexibility index (Phi) is 7.28. The molecule has 5 rings (SSSR count). The second-order valence-corrected chi connectivity index (χ2v) is 9.64. The van der Waals surface area contributed by atoms with Crippen LogP contribution in [0.15, 0.2) is 76.1 Å². The average Bonchev–Trinajstić information content (AvgIpc) is 3.56. The van der Waals surface area contributed by atoms with E-state index in [9.17, 15) is 4.79 Å². The zero-order valence-electron chi connectivity index (χ0n) is 21.5. The maximum Gasteiger partial charge on any atom is 0.252 e. The van der Waals surface area contributed by atoms with Crippen LogP contribution in [-0.2, 0) is 19.6 Å². The van der Waals surface area contributed by atoms with Crippen molar-refractivity contribution < 1.29 is 4.42 Å². The van der Waals surface area contributed by atoms with Gasteiger partial charge in [0.1, 0.15) is 12.3 Å². The Morgan fingerprint density at radius 3 is 2.65 bits per heavy atom. The molecule has 3 heterocycles. The fourth-order valence-corrected chi connectivity index (χ4v) is 5.01. The van der Waals surface area contributed by atoms with Crippen LogP contribution in [0.5, 0.6) is 0 Å². The van der Waals surface area contributed by atoms with Crippen LogP contribution in [0, 0.1) is 13.8 Å². The SMILES string of the molecule is CCCC(c1nnnn1Cc1ccco1)N(Cc1ccccc1)Cc1cc2c(C)cc(C)cc2[nH]c1=O. The molecule has 1 unspecified atom stereocenters. The first-order valence-electron chi connectivity index (χ1n) is 12.7. The summed E-state index contributed by atoms with van der Waals surface area (Å²) in [4.78, 5) is 18.7. The summed E-state index contributed by atoms with van der Waals surface area (Å²) in [5, 5.41) is 13.8. The number of aromatic amines is 1. The van der Waals surface area contributed by atoms with Crippen molar-refractivity contribution in [3.05, 3.63) is 111 Å². The number of nitrogens with zero attached hydrogens (tertiary/aromatic N) is 5. The first-order valence-corrected chi connectivity index (χ1v) is 12.7. The van der Waals surface area contributed by atoms with Gasteiger partial charge in [-0.2, -0.15) is 0 Å². The van der Waals surface area contributed by atoms with Gasteiger partial charge in [0.2, 0.25) is 0 Å². The third-order valence-corrected chi connectivity index (χ3v) is 6.74. The molecule has 190 valence electrons. The topological polar surface area (TPSA) is 92.8 Å². The normalized spacial score (nSPS) is 12.4. The number of rotatable bonds is 10. The van der Waals surface area contributed by atoms with Gasteiger partial charge in [-0.15, -0.1) is 5.10 Å². The highest BCUT2D eigenvalue weighted by molar-refractivity contribution is 5.83. The van der Waals surface area contributed by atoms with E-state index in [1.54, 1.807) is 10.9 Å². The van der Waals surface area contributed by atoms with E-state index in [2.05, 4.69) is 57.5 Å². The minimum absolute atomic E-state index is 0.0685. The molecule has 0 amide bonds. The lowest BCUT2D eigenvalue weighted by atomic mass is 10.0. The summed E-state index contributed by atoms with van der Waals surface area (Å²) in [6.07, 6.45) is 3.44. The van der Waals surface area contributed by atoms with E-state index in [1.165, 1.54) is 0 Å². The van der Waals surface area contributed by atoms with Crippen LogP contribution in [0.25, 0.3) is 10.9 Å². The van der Waals surface area contributed by atoms with Crippen molar-refractivity contribution >= 4 is 10.9 Å². The molecule has 0 spiro atoms. The first kappa shape index (κ1) is 24.6. The van der Waals surface area contributed by atoms with Gasteiger partial charge in [0.05, 0.1) is 12.3 Å². The van der Waals surface area contributed by atoms with Crippen molar-refractivity contribution in [3.63, 3.8) is 0 Å². The van der Waals surface area contributed by atoms with Gasteiger partial charge in [0.25, 0.3) is 5.56 Å². The lowest BCUT2D eigenvalue weighted by molar-refractivity contribution is 0.155. The van der Waals surface area contributed by atoms with E-state index >= 15 is 0 Å². The highest BCUT2D eigenvalue weighted by atomic mass is 16.3. The second kappa shape index (κ2) is 10.9. The second-order valence-electron chi connectivity index (χ2n) is 9.64. The molecule has 5 aromatic rings. The molecule has 2 aromatic carbocycles. The number of tetrazole rings is 1. The summed E-state index contributed by atoms with van der Waals surface area (Å²) in [5.74, 6) is 1.55. The molecule has 8 heteroatoms. The Bertz CT molecular complexity index is 1520. The largest absolute Gasteiger partial charge is 0.467 e. The quantitative estimate of drug-likeness (QED) is 0.281. The highest BCUT2D eigenvalue weighted by Crippen LogP contribution is 2.28. The third kappa shape index (κ3) is 5.54. The van der Waals surface area contributed by atoms with Gasteiger partial charge in [0.15, 0.2) is 5.82 Å². The van der Waals surface area contributed by atoms with Gasteiger partial charge in [0, 0.05) is 29.6 Å². The summed E-state index contributed by atoms with van der Waals surface area (Å²) in [6, 6.07) is 20.2. The summed E-state index contributed by atoms with van der Waals surface area (Å²) >= 11 is 0. The smallest absolute Gasteiger partial charge is 0.252 e. The number of aryl methyl sites for hydroxylation is 2. The molecule has 0 fully saturated rings. The average molecular weight is 497 g/mol. The van der Waals surface area contributed by atoms with Gasteiger partial charge in [-0.3, -0.25) is 9.69 Å². The monoisotopic (exact) mass is 496 g/mol. The molecule has 1 atom stereocenters. The van der Waals surface area contributed by atoms with Crippen LogP contribution in [0.4, 0.5) is 0 Å². The molecule has 0 aliphatic rings. The first-order chi connectivity index (χ1) is 18.0. The Morgan fingerprint density at radius 1 is 1.05 bits per heavy atom. The Balaban J connectivity index is 1.55. The van der Waals surface area contributed by atoms with Crippen molar-refractivity contribution in [3.8, 4) is 0 Å². The van der Waals surface area contributed by atoms with Gasteiger partial charge in [-0.1, -0.05) is 49.7 Å². The predicted molar refractivity (Wildman–Crippen MR) is 143 cm³/mol. The molecule has 0 aliphatic carbocycles. The number of H-pyrrole nitrogens is 1. The molecular formula is C29H32N6O2. The number of benzene rings is 2. The lowest BCUT2D eigenvalue weighted by Gasteiger charge is -2.31. The van der Waals surface area contributed by atoms with Gasteiger partial charge in [-0.25, -0.2) is 4.68 Å².